The van der Waals surface area contributed by atoms with E-state index in [1.165, 1.54) is 6.07 Å². The highest BCUT2D eigenvalue weighted by molar-refractivity contribution is 5.89. The van der Waals surface area contributed by atoms with Gasteiger partial charge in [-0.15, -0.1) is 0 Å². The van der Waals surface area contributed by atoms with Gasteiger partial charge in [0.2, 0.25) is 5.91 Å². The number of likely N-dealkylation sites (tertiary alicyclic amines) is 1. The fourth-order valence-electron chi connectivity index (χ4n) is 5.91. The predicted molar refractivity (Wildman–Crippen MR) is 122 cm³/mol. The third kappa shape index (κ3) is 3.56. The van der Waals surface area contributed by atoms with Crippen molar-refractivity contribution in [3.8, 4) is 0 Å². The molecule has 0 unspecified atom stereocenters. The zero-order valence-corrected chi connectivity index (χ0v) is 19.0. The normalized spacial score (nSPS) is 22.7. The summed E-state index contributed by atoms with van der Waals surface area (Å²) in [6, 6.07) is 6.87. The minimum Gasteiger partial charge on any atom is -0.373 e. The molecule has 170 valence electrons. The average molecular weight is 438 g/mol. The summed E-state index contributed by atoms with van der Waals surface area (Å²) in [5.74, 6) is 1.58. The second kappa shape index (κ2) is 8.43. The largest absolute Gasteiger partial charge is 0.373 e. The van der Waals surface area contributed by atoms with Crippen LogP contribution in [0.4, 0.5) is 10.2 Å². The van der Waals surface area contributed by atoms with Crippen molar-refractivity contribution in [1.29, 1.82) is 0 Å². The van der Waals surface area contributed by atoms with Gasteiger partial charge in [-0.2, -0.15) is 0 Å². The number of halogens is 1. The second-order valence-electron chi connectivity index (χ2n) is 9.52. The fourth-order valence-corrected chi connectivity index (χ4v) is 5.91. The van der Waals surface area contributed by atoms with Crippen LogP contribution in [0.3, 0.4) is 0 Å². The molecule has 2 fully saturated rings. The first-order chi connectivity index (χ1) is 15.5. The van der Waals surface area contributed by atoms with Gasteiger partial charge in [0.1, 0.15) is 17.5 Å². The van der Waals surface area contributed by atoms with Crippen molar-refractivity contribution in [2.75, 3.05) is 32.5 Å². The first kappa shape index (κ1) is 21.3. The molecule has 7 heteroatoms. The van der Waals surface area contributed by atoms with Crippen LogP contribution in [0.25, 0.3) is 0 Å². The van der Waals surface area contributed by atoms with Crippen LogP contribution in [0.2, 0.25) is 0 Å². The van der Waals surface area contributed by atoms with E-state index in [1.807, 2.05) is 18.0 Å². The lowest BCUT2D eigenvalue weighted by molar-refractivity contribution is -0.138. The minimum atomic E-state index is -0.618. The summed E-state index contributed by atoms with van der Waals surface area (Å²) in [4.78, 5) is 28.0. The van der Waals surface area contributed by atoms with Crippen LogP contribution in [-0.4, -0.2) is 52.9 Å². The maximum Gasteiger partial charge on any atom is 0.233 e. The lowest BCUT2D eigenvalue weighted by Gasteiger charge is -2.37. The Morgan fingerprint density at radius 3 is 2.69 bits per heavy atom. The van der Waals surface area contributed by atoms with Crippen LogP contribution in [0.1, 0.15) is 67.2 Å². The van der Waals surface area contributed by atoms with Gasteiger partial charge in [0.05, 0.1) is 23.7 Å². The fraction of sp³-hybridized carbons (Fsp3) is 0.560. The van der Waals surface area contributed by atoms with E-state index in [-0.39, 0.29) is 17.8 Å². The molecule has 5 rings (SSSR count). The van der Waals surface area contributed by atoms with E-state index in [0.717, 1.165) is 80.0 Å². The van der Waals surface area contributed by atoms with Crippen molar-refractivity contribution < 1.29 is 9.18 Å². The highest BCUT2D eigenvalue weighted by Crippen LogP contribution is 2.43. The average Bonchev–Trinajstić information content (AvgIpc) is 3.47. The summed E-state index contributed by atoms with van der Waals surface area (Å²) < 4.78 is 14.0. The zero-order chi connectivity index (χ0) is 22.3. The van der Waals surface area contributed by atoms with Crippen molar-refractivity contribution in [1.82, 2.24) is 19.8 Å². The standard InChI is InChI=1S/C25H32FN5O/c1-27-22-19-10-14-31(16-20(19)28-23(29-22)21-9-6-13-30(21)2)24(32)25(11-3-4-12-25)17-7-5-8-18(26)15-17/h5,7-8,15,21H,3-4,6,9-14,16H2,1-2H3,(H,27,28,29)/t21-/m1/s1. The van der Waals surface area contributed by atoms with Crippen LogP contribution < -0.4 is 5.32 Å². The zero-order valence-electron chi connectivity index (χ0n) is 19.0. The Balaban J connectivity index is 1.47. The molecular weight excluding hydrogens is 405 g/mol. The van der Waals surface area contributed by atoms with Gasteiger partial charge in [-0.3, -0.25) is 9.69 Å². The van der Waals surface area contributed by atoms with Crippen molar-refractivity contribution >= 4 is 11.7 Å². The lowest BCUT2D eigenvalue weighted by atomic mass is 9.77. The number of nitrogens with one attached hydrogen (secondary N) is 1. The molecule has 0 bridgehead atoms. The van der Waals surface area contributed by atoms with Crippen molar-refractivity contribution in [2.45, 2.75) is 62.9 Å². The van der Waals surface area contributed by atoms with Gasteiger partial charge in [0.25, 0.3) is 0 Å². The molecule has 2 aliphatic heterocycles. The Labute approximate surface area is 189 Å². The van der Waals surface area contributed by atoms with E-state index in [2.05, 4.69) is 17.3 Å². The number of nitrogens with zero attached hydrogens (tertiary/aromatic N) is 4. The van der Waals surface area contributed by atoms with Gasteiger partial charge in [-0.05, 0) is 63.4 Å². The SMILES string of the molecule is CNc1nc([C@H]2CCCN2C)nc2c1CCN(C(=O)C1(c3cccc(F)c3)CCCC1)C2. The quantitative estimate of drug-likeness (QED) is 0.788. The van der Waals surface area contributed by atoms with Crippen LogP contribution in [0, 0.1) is 5.82 Å². The van der Waals surface area contributed by atoms with Crippen molar-refractivity contribution in [3.05, 3.63) is 52.7 Å². The molecule has 0 spiro atoms. The van der Waals surface area contributed by atoms with Crippen molar-refractivity contribution in [3.63, 3.8) is 0 Å². The molecule has 1 aliphatic carbocycles. The number of amides is 1. The van der Waals surface area contributed by atoms with E-state index < -0.39 is 5.41 Å². The van der Waals surface area contributed by atoms with Crippen LogP contribution in [0.15, 0.2) is 24.3 Å². The number of aromatic nitrogens is 2. The molecule has 1 atom stereocenters. The van der Waals surface area contributed by atoms with Crippen LogP contribution >= 0.6 is 0 Å². The summed E-state index contributed by atoms with van der Waals surface area (Å²) in [6.45, 7) is 2.19. The number of hydrogen-bond donors (Lipinski definition) is 1. The molecular formula is C25H32FN5O. The Hall–Kier alpha value is -2.54. The maximum atomic E-state index is 14.0. The van der Waals surface area contributed by atoms with Gasteiger partial charge in [0, 0.05) is 19.2 Å². The molecule has 1 saturated heterocycles. The number of benzene rings is 1. The van der Waals surface area contributed by atoms with Gasteiger partial charge in [0.15, 0.2) is 0 Å². The molecule has 2 aromatic rings. The lowest BCUT2D eigenvalue weighted by Crippen LogP contribution is -2.47. The number of carbonyl (C=O) groups is 1. The third-order valence-corrected chi connectivity index (χ3v) is 7.67. The topological polar surface area (TPSA) is 61.4 Å². The first-order valence-electron chi connectivity index (χ1n) is 11.8. The number of fused-ring (bicyclic) bond motifs is 1. The van der Waals surface area contributed by atoms with Crippen LogP contribution in [0.5, 0.6) is 0 Å². The van der Waals surface area contributed by atoms with E-state index in [0.29, 0.717) is 13.1 Å². The van der Waals surface area contributed by atoms with Gasteiger partial charge in [-0.1, -0.05) is 25.0 Å². The molecule has 3 aliphatic rings. The smallest absolute Gasteiger partial charge is 0.233 e. The maximum absolute atomic E-state index is 14.0. The third-order valence-electron chi connectivity index (χ3n) is 7.67. The molecule has 0 radical (unpaired) electrons. The molecule has 1 saturated carbocycles. The summed E-state index contributed by atoms with van der Waals surface area (Å²) in [7, 11) is 4.03. The number of carbonyl (C=O) groups excluding carboxylic acids is 1. The van der Waals surface area contributed by atoms with Crippen molar-refractivity contribution in [2.24, 2.45) is 0 Å². The monoisotopic (exact) mass is 437 g/mol. The first-order valence-corrected chi connectivity index (χ1v) is 11.8. The molecule has 6 nitrogen and oxygen atoms in total. The van der Waals surface area contributed by atoms with E-state index in [1.54, 1.807) is 12.1 Å². The number of hydrogen-bond acceptors (Lipinski definition) is 5. The Kier molecular flexibility index (Phi) is 5.61. The minimum absolute atomic E-state index is 0.121. The molecule has 1 N–H and O–H groups in total. The summed E-state index contributed by atoms with van der Waals surface area (Å²) >= 11 is 0. The molecule has 1 aromatic carbocycles. The summed E-state index contributed by atoms with van der Waals surface area (Å²) in [5, 5.41) is 3.26. The molecule has 32 heavy (non-hydrogen) atoms. The van der Waals surface area contributed by atoms with Gasteiger partial charge >= 0.3 is 0 Å². The van der Waals surface area contributed by atoms with E-state index in [4.69, 9.17) is 9.97 Å². The summed E-state index contributed by atoms with van der Waals surface area (Å²) in [5.41, 5.74) is 2.27. The molecule has 3 heterocycles. The van der Waals surface area contributed by atoms with Gasteiger partial charge < -0.3 is 10.2 Å². The van der Waals surface area contributed by atoms with Gasteiger partial charge in [-0.25, -0.2) is 14.4 Å². The summed E-state index contributed by atoms with van der Waals surface area (Å²) in [6.07, 6.45) is 6.50. The number of anilines is 1. The second-order valence-corrected chi connectivity index (χ2v) is 9.52. The predicted octanol–water partition coefficient (Wildman–Crippen LogP) is 3.82. The Bertz CT molecular complexity index is 1020. The highest BCUT2D eigenvalue weighted by atomic mass is 19.1. The molecule has 1 amide bonds. The Morgan fingerprint density at radius 2 is 2.00 bits per heavy atom. The Morgan fingerprint density at radius 1 is 1.19 bits per heavy atom. The molecule has 1 aromatic heterocycles. The number of rotatable bonds is 4. The van der Waals surface area contributed by atoms with E-state index in [9.17, 15) is 9.18 Å². The van der Waals surface area contributed by atoms with Crippen LogP contribution in [-0.2, 0) is 23.2 Å². The van der Waals surface area contributed by atoms with E-state index >= 15 is 0 Å². The highest BCUT2D eigenvalue weighted by Gasteiger charge is 2.46.